The molecule has 0 unspecified atom stereocenters. The van der Waals surface area contributed by atoms with Gasteiger partial charge in [0.2, 0.25) is 0 Å². The molecule has 1 nitrogen and oxygen atoms in total. The van der Waals surface area contributed by atoms with Gasteiger partial charge in [-0.2, -0.15) is 0 Å². The molecule has 1 heteroatoms. The number of hydrogen-bond acceptors (Lipinski definition) is 1. The summed E-state index contributed by atoms with van der Waals surface area (Å²) >= 11 is 0. The summed E-state index contributed by atoms with van der Waals surface area (Å²) in [5.41, 5.74) is 3.77. The fourth-order valence-electron chi connectivity index (χ4n) is 3.02. The molecule has 1 fully saturated rings. The third-order valence-corrected chi connectivity index (χ3v) is 4.22. The summed E-state index contributed by atoms with van der Waals surface area (Å²) in [4.78, 5) is 11.9. The molecule has 0 N–H and O–H groups in total. The van der Waals surface area contributed by atoms with Crippen LogP contribution in [0.3, 0.4) is 0 Å². The van der Waals surface area contributed by atoms with Crippen LogP contribution in [0.4, 0.5) is 0 Å². The Morgan fingerprint density at radius 2 is 1.55 bits per heavy atom. The average Bonchev–Trinajstić information content (AvgIpc) is 2.51. The first-order valence-electron chi connectivity index (χ1n) is 7.50. The van der Waals surface area contributed by atoms with E-state index in [1.807, 2.05) is 6.07 Å². The van der Waals surface area contributed by atoms with Crippen molar-refractivity contribution in [2.24, 2.45) is 5.92 Å². The lowest BCUT2D eigenvalue weighted by Gasteiger charge is -2.20. The molecule has 20 heavy (non-hydrogen) atoms. The first-order chi connectivity index (χ1) is 9.83. The minimum atomic E-state index is 0.256. The second kappa shape index (κ2) is 6.04. The molecule has 0 amide bonds. The maximum absolute atomic E-state index is 11.9. The highest BCUT2D eigenvalue weighted by atomic mass is 16.1. The first-order valence-corrected chi connectivity index (χ1v) is 7.50. The van der Waals surface area contributed by atoms with Crippen molar-refractivity contribution < 1.29 is 4.79 Å². The quantitative estimate of drug-likeness (QED) is 0.788. The number of carbonyl (C=O) groups is 1. The predicted octanol–water partition coefficient (Wildman–Crippen LogP) is 4.66. The van der Waals surface area contributed by atoms with Gasteiger partial charge in [-0.05, 0) is 36.0 Å². The maximum Gasteiger partial charge on any atom is 0.136 e. The molecule has 1 aliphatic carbocycles. The Hall–Kier alpha value is -1.89. The van der Waals surface area contributed by atoms with Crippen molar-refractivity contribution in [3.8, 4) is 11.1 Å². The molecule has 0 bridgehead atoms. The number of benzene rings is 2. The van der Waals surface area contributed by atoms with Gasteiger partial charge in [-0.15, -0.1) is 0 Å². The fourth-order valence-corrected chi connectivity index (χ4v) is 3.02. The third-order valence-electron chi connectivity index (χ3n) is 4.22. The summed E-state index contributed by atoms with van der Waals surface area (Å²) in [6.07, 6.45) is 5.06. The monoisotopic (exact) mass is 264 g/mol. The molecule has 2 aromatic carbocycles. The SMILES string of the molecule is O=C1CCCC[C@@H]1Cc1ccc(-c2ccccc2)cc1. The van der Waals surface area contributed by atoms with Crippen LogP contribution in [0.5, 0.6) is 0 Å². The van der Waals surface area contributed by atoms with Crippen molar-refractivity contribution in [1.82, 2.24) is 0 Å². The zero-order valence-electron chi connectivity index (χ0n) is 11.7. The van der Waals surface area contributed by atoms with Crippen LogP contribution < -0.4 is 0 Å². The van der Waals surface area contributed by atoms with Gasteiger partial charge in [0.1, 0.15) is 5.78 Å². The van der Waals surface area contributed by atoms with Gasteiger partial charge in [-0.1, -0.05) is 61.0 Å². The van der Waals surface area contributed by atoms with Crippen molar-refractivity contribution >= 4 is 5.78 Å². The van der Waals surface area contributed by atoms with Crippen LogP contribution in [-0.4, -0.2) is 5.78 Å². The standard InChI is InChI=1S/C19H20O/c20-19-9-5-4-8-18(19)14-15-10-12-17(13-11-15)16-6-2-1-3-7-16/h1-3,6-7,10-13,18H,4-5,8-9,14H2/t18-/m1/s1. The third kappa shape index (κ3) is 2.98. The molecule has 1 aliphatic rings. The average molecular weight is 264 g/mol. The molecular weight excluding hydrogens is 244 g/mol. The molecular formula is C19H20O. The zero-order chi connectivity index (χ0) is 13.8. The van der Waals surface area contributed by atoms with Gasteiger partial charge in [0.25, 0.3) is 0 Å². The normalized spacial score (nSPS) is 19.0. The zero-order valence-corrected chi connectivity index (χ0v) is 11.7. The van der Waals surface area contributed by atoms with E-state index >= 15 is 0 Å². The number of hydrogen-bond donors (Lipinski definition) is 0. The number of carbonyl (C=O) groups excluding carboxylic acids is 1. The molecule has 1 atom stereocenters. The van der Waals surface area contributed by atoms with Gasteiger partial charge in [0, 0.05) is 12.3 Å². The Labute approximate surface area is 120 Å². The van der Waals surface area contributed by atoms with Gasteiger partial charge in [-0.3, -0.25) is 4.79 Å². The van der Waals surface area contributed by atoms with Gasteiger partial charge < -0.3 is 0 Å². The van der Waals surface area contributed by atoms with Crippen molar-refractivity contribution in [2.45, 2.75) is 32.1 Å². The Kier molecular flexibility index (Phi) is 3.96. The minimum Gasteiger partial charge on any atom is -0.299 e. The van der Waals surface area contributed by atoms with Crippen LogP contribution in [0.2, 0.25) is 0 Å². The summed E-state index contributed by atoms with van der Waals surface area (Å²) in [7, 11) is 0. The Morgan fingerprint density at radius 1 is 0.850 bits per heavy atom. The van der Waals surface area contributed by atoms with Crippen LogP contribution in [0.1, 0.15) is 31.2 Å². The summed E-state index contributed by atoms with van der Waals surface area (Å²) < 4.78 is 0. The van der Waals surface area contributed by atoms with E-state index in [0.29, 0.717) is 5.78 Å². The molecule has 0 aliphatic heterocycles. The van der Waals surface area contributed by atoms with E-state index in [2.05, 4.69) is 48.5 Å². The van der Waals surface area contributed by atoms with Gasteiger partial charge in [0.15, 0.2) is 0 Å². The van der Waals surface area contributed by atoms with Crippen molar-refractivity contribution in [2.75, 3.05) is 0 Å². The number of ketones is 1. The van der Waals surface area contributed by atoms with Crippen molar-refractivity contribution in [1.29, 1.82) is 0 Å². The highest BCUT2D eigenvalue weighted by molar-refractivity contribution is 5.81. The molecule has 2 aromatic rings. The van der Waals surface area contributed by atoms with E-state index in [0.717, 1.165) is 25.7 Å². The lowest BCUT2D eigenvalue weighted by Crippen LogP contribution is -2.20. The van der Waals surface area contributed by atoms with Crippen molar-refractivity contribution in [3.63, 3.8) is 0 Å². The Balaban J connectivity index is 1.72. The van der Waals surface area contributed by atoms with Gasteiger partial charge in [0.05, 0.1) is 0 Å². The van der Waals surface area contributed by atoms with Crippen LogP contribution in [0, 0.1) is 5.92 Å². The molecule has 0 saturated heterocycles. The van der Waals surface area contributed by atoms with Crippen LogP contribution in [-0.2, 0) is 11.2 Å². The molecule has 0 aromatic heterocycles. The smallest absolute Gasteiger partial charge is 0.136 e. The predicted molar refractivity (Wildman–Crippen MR) is 82.5 cm³/mol. The molecule has 3 rings (SSSR count). The highest BCUT2D eigenvalue weighted by Crippen LogP contribution is 2.25. The largest absolute Gasteiger partial charge is 0.299 e. The summed E-state index contributed by atoms with van der Waals surface area (Å²) in [6, 6.07) is 19.1. The van der Waals surface area contributed by atoms with E-state index < -0.39 is 0 Å². The summed E-state index contributed by atoms with van der Waals surface area (Å²) in [6.45, 7) is 0. The van der Waals surface area contributed by atoms with E-state index in [1.54, 1.807) is 0 Å². The molecule has 0 heterocycles. The van der Waals surface area contributed by atoms with Crippen LogP contribution >= 0.6 is 0 Å². The second-order valence-corrected chi connectivity index (χ2v) is 5.68. The highest BCUT2D eigenvalue weighted by Gasteiger charge is 2.22. The maximum atomic E-state index is 11.9. The van der Waals surface area contributed by atoms with Crippen LogP contribution in [0.15, 0.2) is 54.6 Å². The topological polar surface area (TPSA) is 17.1 Å². The summed E-state index contributed by atoms with van der Waals surface area (Å²) in [5.74, 6) is 0.717. The molecule has 102 valence electrons. The van der Waals surface area contributed by atoms with Gasteiger partial charge >= 0.3 is 0 Å². The van der Waals surface area contributed by atoms with E-state index in [9.17, 15) is 4.79 Å². The molecule has 0 radical (unpaired) electrons. The molecule has 0 spiro atoms. The van der Waals surface area contributed by atoms with Crippen LogP contribution in [0.25, 0.3) is 11.1 Å². The van der Waals surface area contributed by atoms with Gasteiger partial charge in [-0.25, -0.2) is 0 Å². The number of rotatable bonds is 3. The summed E-state index contributed by atoms with van der Waals surface area (Å²) in [5, 5.41) is 0. The lowest BCUT2D eigenvalue weighted by atomic mass is 9.83. The minimum absolute atomic E-state index is 0.256. The number of Topliss-reactive ketones (excluding diaryl/α,β-unsaturated/α-hetero) is 1. The van der Waals surface area contributed by atoms with E-state index in [4.69, 9.17) is 0 Å². The lowest BCUT2D eigenvalue weighted by molar-refractivity contribution is -0.124. The molecule has 1 saturated carbocycles. The van der Waals surface area contributed by atoms with Crippen molar-refractivity contribution in [3.05, 3.63) is 60.2 Å². The first kappa shape index (κ1) is 13.1. The van der Waals surface area contributed by atoms with E-state index in [1.165, 1.54) is 23.1 Å². The Morgan fingerprint density at radius 3 is 2.25 bits per heavy atom. The second-order valence-electron chi connectivity index (χ2n) is 5.68. The fraction of sp³-hybridized carbons (Fsp3) is 0.316. The van der Waals surface area contributed by atoms with E-state index in [-0.39, 0.29) is 5.92 Å². The Bertz CT molecular complexity index is 568.